The van der Waals surface area contributed by atoms with Crippen LogP contribution in [0.25, 0.3) is 0 Å². The molecule has 1 aromatic heterocycles. The summed E-state index contributed by atoms with van der Waals surface area (Å²) in [6.45, 7) is 3.85. The Hall–Kier alpha value is -2.12. The standard InChI is InChI=1S/C16H19N3O/c1-4-14-9-15(19(3)18-14)10-16(2,20)13-7-5-12(11-17)6-8-13/h5-9,20H,4,10H2,1-3H3. The van der Waals surface area contributed by atoms with Gasteiger partial charge in [-0.1, -0.05) is 19.1 Å². The molecule has 2 aromatic rings. The van der Waals surface area contributed by atoms with Gasteiger partial charge in [-0.3, -0.25) is 4.68 Å². The summed E-state index contributed by atoms with van der Waals surface area (Å²) in [4.78, 5) is 0. The van der Waals surface area contributed by atoms with Crippen molar-refractivity contribution in [2.75, 3.05) is 0 Å². The molecule has 0 saturated carbocycles. The third-order valence-electron chi connectivity index (χ3n) is 3.55. The Morgan fingerprint density at radius 3 is 2.50 bits per heavy atom. The summed E-state index contributed by atoms with van der Waals surface area (Å²) >= 11 is 0. The third-order valence-corrected chi connectivity index (χ3v) is 3.55. The molecule has 0 amide bonds. The molecule has 1 unspecified atom stereocenters. The number of aliphatic hydroxyl groups is 1. The summed E-state index contributed by atoms with van der Waals surface area (Å²) < 4.78 is 1.82. The molecule has 4 nitrogen and oxygen atoms in total. The predicted molar refractivity (Wildman–Crippen MR) is 77.0 cm³/mol. The summed E-state index contributed by atoms with van der Waals surface area (Å²) in [5.74, 6) is 0. The highest BCUT2D eigenvalue weighted by atomic mass is 16.3. The fraction of sp³-hybridized carbons (Fsp3) is 0.375. The lowest BCUT2D eigenvalue weighted by Crippen LogP contribution is -2.25. The summed E-state index contributed by atoms with van der Waals surface area (Å²) in [5.41, 5.74) is 2.44. The highest BCUT2D eigenvalue weighted by Crippen LogP contribution is 2.25. The number of hydrogen-bond acceptors (Lipinski definition) is 3. The molecule has 1 atom stereocenters. The van der Waals surface area contributed by atoms with E-state index in [2.05, 4.69) is 18.1 Å². The number of aromatic nitrogens is 2. The molecule has 0 aliphatic heterocycles. The number of hydrogen-bond donors (Lipinski definition) is 1. The number of aryl methyl sites for hydroxylation is 2. The van der Waals surface area contributed by atoms with E-state index in [4.69, 9.17) is 5.26 Å². The van der Waals surface area contributed by atoms with Crippen molar-refractivity contribution >= 4 is 0 Å². The van der Waals surface area contributed by atoms with Gasteiger partial charge in [0.2, 0.25) is 0 Å². The zero-order valence-electron chi connectivity index (χ0n) is 12.1. The van der Waals surface area contributed by atoms with Gasteiger partial charge in [-0.25, -0.2) is 0 Å². The first-order valence-corrected chi connectivity index (χ1v) is 6.71. The Labute approximate surface area is 119 Å². The van der Waals surface area contributed by atoms with Gasteiger partial charge in [0.15, 0.2) is 0 Å². The normalized spacial score (nSPS) is 13.8. The van der Waals surface area contributed by atoms with Gasteiger partial charge >= 0.3 is 0 Å². The van der Waals surface area contributed by atoms with Gasteiger partial charge in [-0.15, -0.1) is 0 Å². The second kappa shape index (κ2) is 5.48. The Morgan fingerprint density at radius 2 is 2.00 bits per heavy atom. The molecule has 0 radical (unpaired) electrons. The maximum atomic E-state index is 10.7. The molecule has 0 spiro atoms. The summed E-state index contributed by atoms with van der Waals surface area (Å²) in [6.07, 6.45) is 1.37. The van der Waals surface area contributed by atoms with Gasteiger partial charge in [0.1, 0.15) is 0 Å². The summed E-state index contributed by atoms with van der Waals surface area (Å²) in [6, 6.07) is 11.2. The first-order chi connectivity index (χ1) is 9.46. The monoisotopic (exact) mass is 269 g/mol. The predicted octanol–water partition coefficient (Wildman–Crippen LogP) is 2.30. The quantitative estimate of drug-likeness (QED) is 0.926. The molecule has 0 saturated heterocycles. The van der Waals surface area contributed by atoms with E-state index in [0.29, 0.717) is 12.0 Å². The molecule has 1 aromatic carbocycles. The second-order valence-corrected chi connectivity index (χ2v) is 5.24. The molecule has 0 aliphatic carbocycles. The van der Waals surface area contributed by atoms with Crippen molar-refractivity contribution in [2.45, 2.75) is 32.3 Å². The fourth-order valence-electron chi connectivity index (χ4n) is 2.27. The molecule has 20 heavy (non-hydrogen) atoms. The van der Waals surface area contributed by atoms with Crippen molar-refractivity contribution in [1.82, 2.24) is 9.78 Å². The minimum absolute atomic E-state index is 0.488. The van der Waals surface area contributed by atoms with Crippen LogP contribution < -0.4 is 0 Å². The minimum atomic E-state index is -0.979. The van der Waals surface area contributed by atoms with Crippen LogP contribution in [-0.2, 0) is 25.5 Å². The number of rotatable bonds is 4. The van der Waals surface area contributed by atoms with Crippen molar-refractivity contribution in [1.29, 1.82) is 5.26 Å². The lowest BCUT2D eigenvalue weighted by Gasteiger charge is -2.23. The first kappa shape index (κ1) is 14.3. The number of benzene rings is 1. The largest absolute Gasteiger partial charge is 0.385 e. The average molecular weight is 269 g/mol. The van der Waals surface area contributed by atoms with Crippen molar-refractivity contribution in [2.24, 2.45) is 7.05 Å². The zero-order chi connectivity index (χ0) is 14.8. The smallest absolute Gasteiger partial charge is 0.0991 e. The molecule has 0 bridgehead atoms. The Balaban J connectivity index is 2.25. The van der Waals surface area contributed by atoms with Crippen LogP contribution in [0.15, 0.2) is 30.3 Å². The van der Waals surface area contributed by atoms with E-state index < -0.39 is 5.60 Å². The lowest BCUT2D eigenvalue weighted by atomic mass is 9.90. The van der Waals surface area contributed by atoms with E-state index >= 15 is 0 Å². The SMILES string of the molecule is CCc1cc(CC(C)(O)c2ccc(C#N)cc2)n(C)n1. The molecule has 1 heterocycles. The van der Waals surface area contributed by atoms with Crippen LogP contribution in [0.1, 0.15) is 36.4 Å². The molecular weight excluding hydrogens is 250 g/mol. The number of nitrogens with zero attached hydrogens (tertiary/aromatic N) is 3. The van der Waals surface area contributed by atoms with Crippen molar-refractivity contribution in [3.05, 3.63) is 52.8 Å². The van der Waals surface area contributed by atoms with Gasteiger partial charge in [0, 0.05) is 19.2 Å². The van der Waals surface area contributed by atoms with E-state index in [9.17, 15) is 5.11 Å². The van der Waals surface area contributed by atoms with E-state index in [0.717, 1.165) is 23.4 Å². The maximum Gasteiger partial charge on any atom is 0.0991 e. The molecule has 2 rings (SSSR count). The molecule has 0 fully saturated rings. The van der Waals surface area contributed by atoms with Gasteiger partial charge in [0.25, 0.3) is 0 Å². The molecular formula is C16H19N3O. The van der Waals surface area contributed by atoms with Crippen LogP contribution in [0.5, 0.6) is 0 Å². The van der Waals surface area contributed by atoms with Gasteiger partial charge in [-0.2, -0.15) is 10.4 Å². The highest BCUT2D eigenvalue weighted by molar-refractivity contribution is 5.34. The van der Waals surface area contributed by atoms with E-state index in [1.165, 1.54) is 0 Å². The zero-order valence-corrected chi connectivity index (χ0v) is 12.1. The van der Waals surface area contributed by atoms with Gasteiger partial charge in [-0.05, 0) is 37.1 Å². The summed E-state index contributed by atoms with van der Waals surface area (Å²) in [7, 11) is 1.89. The Bertz CT molecular complexity index is 633. The average Bonchev–Trinajstić information content (AvgIpc) is 2.79. The molecule has 4 heteroatoms. The molecule has 104 valence electrons. The molecule has 0 aliphatic rings. The minimum Gasteiger partial charge on any atom is -0.385 e. The maximum absolute atomic E-state index is 10.7. The summed E-state index contributed by atoms with van der Waals surface area (Å²) in [5, 5.41) is 23.9. The third kappa shape index (κ3) is 2.89. The van der Waals surface area contributed by atoms with Crippen molar-refractivity contribution in [3.8, 4) is 6.07 Å². The Kier molecular flexibility index (Phi) is 3.91. The fourth-order valence-corrected chi connectivity index (χ4v) is 2.27. The van der Waals surface area contributed by atoms with Gasteiger partial charge in [0.05, 0.1) is 22.9 Å². The van der Waals surface area contributed by atoms with E-state index in [1.54, 1.807) is 31.2 Å². The van der Waals surface area contributed by atoms with Crippen LogP contribution in [0.3, 0.4) is 0 Å². The first-order valence-electron chi connectivity index (χ1n) is 6.71. The van der Waals surface area contributed by atoms with Crippen LogP contribution in [0.4, 0.5) is 0 Å². The topological polar surface area (TPSA) is 61.8 Å². The van der Waals surface area contributed by atoms with Gasteiger partial charge < -0.3 is 5.11 Å². The molecule has 1 N–H and O–H groups in total. The van der Waals surface area contributed by atoms with Crippen LogP contribution in [0, 0.1) is 11.3 Å². The number of nitriles is 1. The van der Waals surface area contributed by atoms with Crippen LogP contribution in [0.2, 0.25) is 0 Å². The van der Waals surface area contributed by atoms with Crippen molar-refractivity contribution in [3.63, 3.8) is 0 Å². The highest BCUT2D eigenvalue weighted by Gasteiger charge is 2.25. The van der Waals surface area contributed by atoms with Crippen LogP contribution in [-0.4, -0.2) is 14.9 Å². The second-order valence-electron chi connectivity index (χ2n) is 5.24. The Morgan fingerprint density at radius 1 is 1.35 bits per heavy atom. The van der Waals surface area contributed by atoms with Crippen molar-refractivity contribution < 1.29 is 5.11 Å². The van der Waals surface area contributed by atoms with E-state index in [1.807, 2.05) is 17.8 Å². The lowest BCUT2D eigenvalue weighted by molar-refractivity contribution is 0.0556. The van der Waals surface area contributed by atoms with E-state index in [-0.39, 0.29) is 0 Å². The van der Waals surface area contributed by atoms with Crippen LogP contribution >= 0.6 is 0 Å².